The number of nitrogens with zero attached hydrogens (tertiary/aromatic N) is 4. The van der Waals surface area contributed by atoms with Crippen LogP contribution in [0.3, 0.4) is 0 Å². The lowest BCUT2D eigenvalue weighted by atomic mass is 10.0. The van der Waals surface area contributed by atoms with Gasteiger partial charge >= 0.3 is 6.09 Å². The highest BCUT2D eigenvalue weighted by Gasteiger charge is 2.37. The number of aliphatic hydroxyl groups excluding tert-OH is 1. The van der Waals surface area contributed by atoms with Gasteiger partial charge in [0, 0.05) is 26.2 Å². The zero-order valence-corrected chi connectivity index (χ0v) is 16.2. The van der Waals surface area contributed by atoms with E-state index in [0.29, 0.717) is 43.5 Å². The van der Waals surface area contributed by atoms with Crippen LogP contribution >= 0.6 is 0 Å². The number of para-hydroxylation sites is 2. The third-order valence-corrected chi connectivity index (χ3v) is 5.57. The van der Waals surface area contributed by atoms with Crippen molar-refractivity contribution < 1.29 is 14.6 Å². The standard InChI is InChI=1S/C20H25N5O3/c1-3-28-20(27)24-10-8-13(9-11-24)25-12-16(26)17(18(25)21)19-22-14-6-4-5-7-15(14)23(19)2/h4-7,13,21,26H,3,8-12H2,1-2H3. The maximum absolute atomic E-state index is 11.9. The van der Waals surface area contributed by atoms with Crippen LogP contribution in [0.1, 0.15) is 25.6 Å². The second-order valence-electron chi connectivity index (χ2n) is 7.20. The summed E-state index contributed by atoms with van der Waals surface area (Å²) in [6, 6.07) is 7.89. The number of aromatic nitrogens is 2. The monoisotopic (exact) mass is 383 g/mol. The fourth-order valence-electron chi connectivity index (χ4n) is 4.09. The van der Waals surface area contributed by atoms with Crippen LogP contribution in [0, 0.1) is 5.41 Å². The molecule has 1 saturated heterocycles. The molecule has 0 unspecified atom stereocenters. The molecule has 0 atom stereocenters. The number of likely N-dealkylation sites (tertiary alicyclic amines) is 1. The second kappa shape index (κ2) is 7.18. The number of ether oxygens (including phenoxy) is 1. The van der Waals surface area contributed by atoms with Gasteiger partial charge in [-0.25, -0.2) is 9.78 Å². The minimum Gasteiger partial charge on any atom is -0.510 e. The van der Waals surface area contributed by atoms with Crippen LogP contribution in [0.15, 0.2) is 30.0 Å². The zero-order valence-electron chi connectivity index (χ0n) is 16.2. The number of rotatable bonds is 3. The van der Waals surface area contributed by atoms with Gasteiger partial charge in [-0.1, -0.05) is 12.1 Å². The molecule has 2 aromatic rings. The number of amides is 1. The van der Waals surface area contributed by atoms with Crippen molar-refractivity contribution in [1.29, 1.82) is 5.41 Å². The van der Waals surface area contributed by atoms with Gasteiger partial charge in [-0.05, 0) is 31.9 Å². The Kier molecular flexibility index (Phi) is 4.70. The van der Waals surface area contributed by atoms with Crippen LogP contribution in [0.4, 0.5) is 4.79 Å². The van der Waals surface area contributed by atoms with Crippen LogP contribution in [0.25, 0.3) is 16.6 Å². The number of fused-ring (bicyclic) bond motifs is 1. The number of hydrogen-bond donors (Lipinski definition) is 2. The molecule has 28 heavy (non-hydrogen) atoms. The number of nitrogens with one attached hydrogen (secondary N) is 1. The van der Waals surface area contributed by atoms with E-state index in [0.717, 1.165) is 23.9 Å². The van der Waals surface area contributed by atoms with Crippen LogP contribution in [0.2, 0.25) is 0 Å². The van der Waals surface area contributed by atoms with Crippen molar-refractivity contribution in [2.24, 2.45) is 7.05 Å². The predicted octanol–water partition coefficient (Wildman–Crippen LogP) is 2.76. The Hall–Kier alpha value is -3.03. The van der Waals surface area contributed by atoms with E-state index in [1.807, 2.05) is 40.8 Å². The molecule has 1 aromatic heterocycles. The van der Waals surface area contributed by atoms with Crippen molar-refractivity contribution in [3.05, 3.63) is 35.8 Å². The largest absolute Gasteiger partial charge is 0.510 e. The van der Waals surface area contributed by atoms with Crippen molar-refractivity contribution in [3.63, 3.8) is 0 Å². The van der Waals surface area contributed by atoms with Crippen molar-refractivity contribution in [2.45, 2.75) is 25.8 Å². The Morgan fingerprint density at radius 1 is 1.32 bits per heavy atom. The minimum atomic E-state index is -0.279. The Morgan fingerprint density at radius 3 is 2.71 bits per heavy atom. The lowest BCUT2D eigenvalue weighted by molar-refractivity contribution is 0.0876. The number of aryl methyl sites for hydroxylation is 1. The highest BCUT2D eigenvalue weighted by atomic mass is 16.6. The molecule has 0 spiro atoms. The van der Waals surface area contributed by atoms with E-state index in [1.54, 1.807) is 11.8 Å². The quantitative estimate of drug-likeness (QED) is 0.850. The van der Waals surface area contributed by atoms with Crippen molar-refractivity contribution >= 4 is 28.5 Å². The molecule has 2 N–H and O–H groups in total. The van der Waals surface area contributed by atoms with Gasteiger partial charge in [-0.3, -0.25) is 5.41 Å². The number of carbonyl (C=O) groups excluding carboxylic acids is 1. The summed E-state index contributed by atoms with van der Waals surface area (Å²) < 4.78 is 6.99. The topological polar surface area (TPSA) is 94.7 Å². The molecule has 4 rings (SSSR count). The molecule has 1 aromatic carbocycles. The molecule has 2 aliphatic rings. The Morgan fingerprint density at radius 2 is 2.04 bits per heavy atom. The average Bonchev–Trinajstić information content (AvgIpc) is 3.18. The lowest BCUT2D eigenvalue weighted by Crippen LogP contribution is -2.47. The first-order valence-electron chi connectivity index (χ1n) is 9.62. The molecule has 8 nitrogen and oxygen atoms in total. The molecule has 8 heteroatoms. The van der Waals surface area contributed by atoms with E-state index < -0.39 is 0 Å². The maximum Gasteiger partial charge on any atom is 0.409 e. The Balaban J connectivity index is 1.51. The van der Waals surface area contributed by atoms with E-state index in [2.05, 4.69) is 4.98 Å². The molecule has 0 saturated carbocycles. The van der Waals surface area contributed by atoms with Crippen molar-refractivity contribution in [1.82, 2.24) is 19.4 Å². The molecule has 0 bridgehead atoms. The highest BCUT2D eigenvalue weighted by Crippen LogP contribution is 2.32. The summed E-state index contributed by atoms with van der Waals surface area (Å²) in [4.78, 5) is 20.2. The Labute approximate surface area is 163 Å². The summed E-state index contributed by atoms with van der Waals surface area (Å²) in [7, 11) is 1.90. The fraction of sp³-hybridized carbons (Fsp3) is 0.450. The first-order valence-corrected chi connectivity index (χ1v) is 9.62. The summed E-state index contributed by atoms with van der Waals surface area (Å²) in [5.41, 5.74) is 2.30. The molecular weight excluding hydrogens is 358 g/mol. The fourth-order valence-corrected chi connectivity index (χ4v) is 4.09. The van der Waals surface area contributed by atoms with Gasteiger partial charge in [0.25, 0.3) is 0 Å². The van der Waals surface area contributed by atoms with Gasteiger partial charge in [0.2, 0.25) is 0 Å². The molecular formula is C20H25N5O3. The first kappa shape index (κ1) is 18.3. The zero-order chi connectivity index (χ0) is 19.8. The molecule has 148 valence electrons. The lowest BCUT2D eigenvalue weighted by Gasteiger charge is -2.37. The number of benzene rings is 1. The second-order valence-corrected chi connectivity index (χ2v) is 7.20. The summed E-state index contributed by atoms with van der Waals surface area (Å²) in [5.74, 6) is 1.08. The van der Waals surface area contributed by atoms with Crippen LogP contribution in [-0.4, -0.2) is 68.7 Å². The number of hydrogen-bond acceptors (Lipinski definition) is 5. The third kappa shape index (κ3) is 2.98. The van der Waals surface area contributed by atoms with Gasteiger partial charge in [-0.15, -0.1) is 0 Å². The number of carbonyl (C=O) groups is 1. The molecule has 3 heterocycles. The summed E-state index contributed by atoms with van der Waals surface area (Å²) in [6.07, 6.45) is 1.20. The number of aliphatic hydroxyl groups is 1. The van der Waals surface area contributed by atoms with Crippen molar-refractivity contribution in [3.8, 4) is 0 Å². The summed E-state index contributed by atoms with van der Waals surface area (Å²) in [6.45, 7) is 3.66. The number of imidazole rings is 1. The van der Waals surface area contributed by atoms with Gasteiger partial charge in [0.05, 0.1) is 29.8 Å². The Bertz CT molecular complexity index is 956. The van der Waals surface area contributed by atoms with Gasteiger partial charge < -0.3 is 24.2 Å². The first-order chi connectivity index (χ1) is 13.5. The predicted molar refractivity (Wildman–Crippen MR) is 106 cm³/mol. The molecule has 0 radical (unpaired) electrons. The van der Waals surface area contributed by atoms with E-state index in [4.69, 9.17) is 10.1 Å². The van der Waals surface area contributed by atoms with Crippen molar-refractivity contribution in [2.75, 3.05) is 26.2 Å². The van der Waals surface area contributed by atoms with Crippen LogP contribution in [-0.2, 0) is 11.8 Å². The van der Waals surface area contributed by atoms with E-state index in [-0.39, 0.29) is 17.9 Å². The average molecular weight is 383 g/mol. The van der Waals surface area contributed by atoms with Gasteiger partial charge in [-0.2, -0.15) is 0 Å². The number of piperidine rings is 1. The minimum absolute atomic E-state index is 0.104. The van der Waals surface area contributed by atoms with Crippen LogP contribution in [0.5, 0.6) is 0 Å². The van der Waals surface area contributed by atoms with Gasteiger partial charge in [0.1, 0.15) is 17.4 Å². The van der Waals surface area contributed by atoms with E-state index >= 15 is 0 Å². The van der Waals surface area contributed by atoms with Gasteiger partial charge in [0.15, 0.2) is 0 Å². The maximum atomic E-state index is 11.9. The molecule has 1 fully saturated rings. The SMILES string of the molecule is CCOC(=O)N1CCC(N2CC(O)=C(c3nc4ccccc4n3C)C2=N)CC1. The summed E-state index contributed by atoms with van der Waals surface area (Å²) in [5, 5.41) is 19.3. The van der Waals surface area contributed by atoms with E-state index in [1.165, 1.54) is 0 Å². The third-order valence-electron chi connectivity index (χ3n) is 5.57. The molecule has 1 amide bonds. The number of amidine groups is 1. The van der Waals surface area contributed by atoms with Crippen LogP contribution < -0.4 is 0 Å². The smallest absolute Gasteiger partial charge is 0.409 e. The van der Waals surface area contributed by atoms with E-state index in [9.17, 15) is 9.90 Å². The molecule has 2 aliphatic heterocycles. The normalized spacial score (nSPS) is 18.4. The highest BCUT2D eigenvalue weighted by molar-refractivity contribution is 6.23. The molecule has 0 aliphatic carbocycles. The summed E-state index contributed by atoms with van der Waals surface area (Å²) >= 11 is 0.